The van der Waals surface area contributed by atoms with Crippen LogP contribution in [0.4, 0.5) is 11.5 Å². The number of hydrazone groups is 1. The summed E-state index contributed by atoms with van der Waals surface area (Å²) >= 11 is 11.5. The molecule has 0 aliphatic heterocycles. The first kappa shape index (κ1) is 17.8. The normalized spacial score (nSPS) is 10.7. The van der Waals surface area contributed by atoms with E-state index in [-0.39, 0.29) is 5.91 Å². The van der Waals surface area contributed by atoms with Gasteiger partial charge in [-0.25, -0.2) is 0 Å². The zero-order chi connectivity index (χ0) is 18.4. The van der Waals surface area contributed by atoms with Crippen LogP contribution < -0.4 is 10.7 Å². The highest BCUT2D eigenvalue weighted by molar-refractivity contribution is 6.30. The predicted molar refractivity (Wildman–Crippen MR) is 104 cm³/mol. The second kappa shape index (κ2) is 8.42. The maximum atomic E-state index is 12.2. The van der Waals surface area contributed by atoms with Crippen molar-refractivity contribution >= 4 is 46.8 Å². The van der Waals surface area contributed by atoms with Gasteiger partial charge in [0.2, 0.25) is 0 Å². The van der Waals surface area contributed by atoms with Crippen LogP contribution in [0.25, 0.3) is 0 Å². The molecule has 130 valence electrons. The van der Waals surface area contributed by atoms with Gasteiger partial charge >= 0.3 is 0 Å². The maximum absolute atomic E-state index is 12.2. The minimum Gasteiger partial charge on any atom is -0.322 e. The van der Waals surface area contributed by atoms with Crippen molar-refractivity contribution in [2.75, 3.05) is 10.7 Å². The van der Waals surface area contributed by atoms with Crippen LogP contribution >= 0.6 is 23.2 Å². The molecule has 2 N–H and O–H groups in total. The Hall–Kier alpha value is -2.96. The van der Waals surface area contributed by atoms with Gasteiger partial charge in [-0.3, -0.25) is 10.2 Å². The maximum Gasteiger partial charge on any atom is 0.255 e. The third kappa shape index (κ3) is 5.02. The Morgan fingerprint density at radius 3 is 2.54 bits per heavy atom. The summed E-state index contributed by atoms with van der Waals surface area (Å²) in [4.78, 5) is 12.2. The Bertz CT molecular complexity index is 927. The third-order valence-electron chi connectivity index (χ3n) is 3.28. The highest BCUT2D eigenvalue weighted by Crippen LogP contribution is 2.14. The number of hydrogen-bond donors (Lipinski definition) is 2. The molecule has 0 radical (unpaired) electrons. The zero-order valence-corrected chi connectivity index (χ0v) is 14.9. The molecule has 3 aromatic rings. The number of aromatic nitrogens is 2. The second-order valence-electron chi connectivity index (χ2n) is 5.20. The molecule has 26 heavy (non-hydrogen) atoms. The van der Waals surface area contributed by atoms with Gasteiger partial charge in [0.15, 0.2) is 11.0 Å². The van der Waals surface area contributed by atoms with Gasteiger partial charge in [-0.2, -0.15) is 5.10 Å². The van der Waals surface area contributed by atoms with Crippen LogP contribution in [-0.2, 0) is 0 Å². The first-order valence-corrected chi connectivity index (χ1v) is 8.31. The fraction of sp³-hybridized carbons (Fsp3) is 0. The number of anilines is 2. The van der Waals surface area contributed by atoms with Crippen molar-refractivity contribution in [3.05, 3.63) is 82.0 Å². The molecule has 8 heteroatoms. The van der Waals surface area contributed by atoms with E-state index in [1.54, 1.807) is 54.7 Å². The lowest BCUT2D eigenvalue weighted by molar-refractivity contribution is 0.102. The van der Waals surface area contributed by atoms with E-state index in [1.165, 1.54) is 0 Å². The Balaban J connectivity index is 1.64. The third-order valence-corrected chi connectivity index (χ3v) is 3.73. The molecule has 0 bridgehead atoms. The summed E-state index contributed by atoms with van der Waals surface area (Å²) in [6, 6.07) is 17.2. The minimum absolute atomic E-state index is 0.217. The molecule has 6 nitrogen and oxygen atoms in total. The lowest BCUT2D eigenvalue weighted by Gasteiger charge is -2.06. The number of nitrogens with zero attached hydrogens (tertiary/aromatic N) is 3. The molecule has 3 rings (SSSR count). The van der Waals surface area contributed by atoms with Crippen molar-refractivity contribution < 1.29 is 4.79 Å². The van der Waals surface area contributed by atoms with Gasteiger partial charge in [0, 0.05) is 16.3 Å². The number of benzene rings is 2. The van der Waals surface area contributed by atoms with Crippen LogP contribution in [-0.4, -0.2) is 22.3 Å². The van der Waals surface area contributed by atoms with Crippen molar-refractivity contribution in [2.45, 2.75) is 0 Å². The van der Waals surface area contributed by atoms with Crippen molar-refractivity contribution in [3.8, 4) is 0 Å². The van der Waals surface area contributed by atoms with E-state index < -0.39 is 0 Å². The summed E-state index contributed by atoms with van der Waals surface area (Å²) in [5.41, 5.74) is 4.73. The number of hydrogen-bond acceptors (Lipinski definition) is 5. The van der Waals surface area contributed by atoms with Gasteiger partial charge in [0.25, 0.3) is 5.91 Å². The molecule has 0 saturated heterocycles. The number of carbonyl (C=O) groups is 1. The highest BCUT2D eigenvalue weighted by Gasteiger charge is 2.06. The number of halogens is 2. The molecule has 1 aromatic heterocycles. The van der Waals surface area contributed by atoms with E-state index in [1.807, 2.05) is 12.1 Å². The molecular formula is C18H13Cl2N5O. The quantitative estimate of drug-likeness (QED) is 0.501. The van der Waals surface area contributed by atoms with Crippen LogP contribution in [0.5, 0.6) is 0 Å². The molecule has 0 saturated carbocycles. The molecule has 0 unspecified atom stereocenters. The van der Waals surface area contributed by atoms with E-state index in [9.17, 15) is 4.79 Å². The van der Waals surface area contributed by atoms with Gasteiger partial charge in [0.1, 0.15) is 0 Å². The van der Waals surface area contributed by atoms with Crippen LogP contribution in [0, 0.1) is 0 Å². The van der Waals surface area contributed by atoms with Gasteiger partial charge in [0.05, 0.1) is 6.21 Å². The monoisotopic (exact) mass is 385 g/mol. The fourth-order valence-corrected chi connectivity index (χ4v) is 2.28. The van der Waals surface area contributed by atoms with Gasteiger partial charge in [-0.05, 0) is 54.1 Å². The van der Waals surface area contributed by atoms with Gasteiger partial charge in [-0.1, -0.05) is 35.3 Å². The Morgan fingerprint density at radius 2 is 1.81 bits per heavy atom. The molecular weight excluding hydrogens is 373 g/mol. The molecule has 0 aliphatic rings. The first-order valence-electron chi connectivity index (χ1n) is 7.55. The number of carbonyl (C=O) groups excluding carboxylic acids is 1. The fourth-order valence-electron chi connectivity index (χ4n) is 2.05. The van der Waals surface area contributed by atoms with Crippen molar-refractivity contribution in [1.82, 2.24) is 10.2 Å². The number of amides is 1. The molecule has 1 amide bonds. The average Bonchev–Trinajstić information content (AvgIpc) is 2.64. The molecule has 0 spiro atoms. The highest BCUT2D eigenvalue weighted by atomic mass is 35.5. The Labute approximate surface area is 159 Å². The molecule has 0 aliphatic carbocycles. The van der Waals surface area contributed by atoms with Crippen LogP contribution in [0.15, 0.2) is 65.8 Å². The summed E-state index contributed by atoms with van der Waals surface area (Å²) in [6.45, 7) is 0. The molecule has 1 heterocycles. The molecule has 0 atom stereocenters. The van der Waals surface area contributed by atoms with E-state index in [0.29, 0.717) is 27.2 Å². The smallest absolute Gasteiger partial charge is 0.255 e. The summed E-state index contributed by atoms with van der Waals surface area (Å²) in [6.07, 6.45) is 1.61. The van der Waals surface area contributed by atoms with Crippen molar-refractivity contribution in [3.63, 3.8) is 0 Å². The van der Waals surface area contributed by atoms with Crippen LogP contribution in [0.1, 0.15) is 15.9 Å². The van der Waals surface area contributed by atoms with E-state index in [4.69, 9.17) is 23.2 Å². The van der Waals surface area contributed by atoms with Crippen LogP contribution in [0.3, 0.4) is 0 Å². The number of rotatable bonds is 5. The van der Waals surface area contributed by atoms with Crippen LogP contribution in [0.2, 0.25) is 10.2 Å². The Kier molecular flexibility index (Phi) is 5.78. The summed E-state index contributed by atoms with van der Waals surface area (Å²) < 4.78 is 0. The lowest BCUT2D eigenvalue weighted by atomic mass is 10.2. The Morgan fingerprint density at radius 1 is 1.00 bits per heavy atom. The van der Waals surface area contributed by atoms with Crippen molar-refractivity contribution in [1.29, 1.82) is 0 Å². The van der Waals surface area contributed by atoms with E-state index in [2.05, 4.69) is 26.0 Å². The minimum atomic E-state index is -0.217. The van der Waals surface area contributed by atoms with Gasteiger partial charge < -0.3 is 5.32 Å². The predicted octanol–water partition coefficient (Wildman–Crippen LogP) is 4.48. The summed E-state index contributed by atoms with van der Waals surface area (Å²) in [7, 11) is 0. The second-order valence-corrected chi connectivity index (χ2v) is 6.02. The molecule has 2 aromatic carbocycles. The largest absolute Gasteiger partial charge is 0.322 e. The topological polar surface area (TPSA) is 79.3 Å². The summed E-state index contributed by atoms with van der Waals surface area (Å²) in [5.74, 6) is 0.253. The average molecular weight is 386 g/mol. The SMILES string of the molecule is O=C(Nc1cccc(/C=N/Nc2ccc(Cl)nn2)c1)c1ccc(Cl)cc1. The summed E-state index contributed by atoms with van der Waals surface area (Å²) in [5, 5.41) is 15.3. The number of nitrogens with one attached hydrogen (secondary N) is 2. The van der Waals surface area contributed by atoms with Gasteiger partial charge in [-0.15, -0.1) is 10.2 Å². The zero-order valence-electron chi connectivity index (χ0n) is 13.4. The first-order chi connectivity index (χ1) is 12.6. The van der Waals surface area contributed by atoms with E-state index >= 15 is 0 Å². The standard InChI is InChI=1S/C18H13Cl2N5O/c19-14-6-4-13(5-7-14)18(26)22-15-3-1-2-12(10-15)11-21-24-17-9-8-16(20)23-25-17/h1-11H,(H,22,26)(H,24,25)/b21-11+. The molecule has 0 fully saturated rings. The van der Waals surface area contributed by atoms with E-state index in [0.717, 1.165) is 5.56 Å². The lowest BCUT2D eigenvalue weighted by Crippen LogP contribution is -2.11. The van der Waals surface area contributed by atoms with Crippen molar-refractivity contribution in [2.24, 2.45) is 5.10 Å².